The van der Waals surface area contributed by atoms with Gasteiger partial charge in [-0.1, -0.05) is 27.7 Å². The molecule has 0 radical (unpaired) electrons. The van der Waals surface area contributed by atoms with Crippen LogP contribution in [0.4, 0.5) is 0 Å². The molecule has 2 atom stereocenters. The Kier molecular flexibility index (Phi) is 7.77. The van der Waals surface area contributed by atoms with Gasteiger partial charge in [0.15, 0.2) is 5.96 Å². The molecule has 1 amide bonds. The molecule has 2 aliphatic rings. The van der Waals surface area contributed by atoms with E-state index < -0.39 is 0 Å². The minimum Gasteiger partial charge on any atom is -0.378 e. The van der Waals surface area contributed by atoms with Crippen molar-refractivity contribution in [2.24, 2.45) is 16.3 Å². The van der Waals surface area contributed by atoms with Crippen LogP contribution in [0, 0.1) is 11.3 Å². The molecule has 0 aromatic carbocycles. The van der Waals surface area contributed by atoms with Crippen LogP contribution in [0.15, 0.2) is 4.99 Å². The van der Waals surface area contributed by atoms with Crippen molar-refractivity contribution >= 4 is 11.9 Å². The number of nitrogens with one attached hydrogen (secondary N) is 2. The molecule has 0 aromatic rings. The summed E-state index contributed by atoms with van der Waals surface area (Å²) in [6, 6.07) is 0.701. The first kappa shape index (κ1) is 23.0. The van der Waals surface area contributed by atoms with Gasteiger partial charge in [-0.05, 0) is 46.0 Å². The Labute approximate surface area is 171 Å². The lowest BCUT2D eigenvalue weighted by Crippen LogP contribution is -2.70. The highest BCUT2D eigenvalue weighted by Crippen LogP contribution is 2.51. The molecule has 0 bridgehead atoms. The van der Waals surface area contributed by atoms with Gasteiger partial charge in [-0.25, -0.2) is 0 Å². The summed E-state index contributed by atoms with van der Waals surface area (Å²) in [5, 5.41) is 7.25. The molecule has 1 aliphatic carbocycles. The second-order valence-electron chi connectivity index (χ2n) is 9.14. The highest BCUT2D eigenvalue weighted by atomic mass is 16.5. The van der Waals surface area contributed by atoms with Crippen LogP contribution in [0.25, 0.3) is 0 Å². The van der Waals surface area contributed by atoms with Crippen molar-refractivity contribution in [1.29, 1.82) is 0 Å². The molecule has 6 nitrogen and oxygen atoms in total. The van der Waals surface area contributed by atoms with E-state index in [0.717, 1.165) is 57.7 Å². The zero-order valence-corrected chi connectivity index (χ0v) is 19.1. The lowest BCUT2D eigenvalue weighted by Gasteiger charge is -2.59. The van der Waals surface area contributed by atoms with Gasteiger partial charge in [-0.15, -0.1) is 0 Å². The molecular formula is C22H42N4O2. The van der Waals surface area contributed by atoms with Crippen molar-refractivity contribution < 1.29 is 9.53 Å². The summed E-state index contributed by atoms with van der Waals surface area (Å²) in [5.74, 6) is 1.40. The number of guanidine groups is 1. The maximum Gasteiger partial charge on any atom is 0.225 e. The van der Waals surface area contributed by atoms with E-state index in [0.29, 0.717) is 18.0 Å². The zero-order valence-electron chi connectivity index (χ0n) is 19.1. The van der Waals surface area contributed by atoms with Gasteiger partial charge in [0.05, 0.1) is 5.60 Å². The molecule has 2 fully saturated rings. The number of hydrogen-bond acceptors (Lipinski definition) is 3. The van der Waals surface area contributed by atoms with E-state index >= 15 is 0 Å². The SMILES string of the molecule is CCN=C(NC1CCN(C(=O)C(CC)CC)CC1)NC1CC(C)(OC)C1(C)C. The molecule has 2 N–H and O–H groups in total. The normalized spacial score (nSPS) is 28.2. The zero-order chi connectivity index (χ0) is 20.9. The number of carbonyl (C=O) groups excluding carboxylic acids is 1. The summed E-state index contributed by atoms with van der Waals surface area (Å²) < 4.78 is 5.74. The number of carbonyl (C=O) groups is 1. The van der Waals surface area contributed by atoms with Gasteiger partial charge in [0.1, 0.15) is 0 Å². The Hall–Kier alpha value is -1.30. The van der Waals surface area contributed by atoms with Crippen LogP contribution in [-0.4, -0.2) is 61.2 Å². The fraction of sp³-hybridized carbons (Fsp3) is 0.909. The third-order valence-electron chi connectivity index (χ3n) is 7.39. The Morgan fingerprint density at radius 1 is 1.14 bits per heavy atom. The second kappa shape index (κ2) is 9.47. The van der Waals surface area contributed by atoms with Crippen LogP contribution < -0.4 is 10.6 Å². The average molecular weight is 395 g/mol. The number of piperidine rings is 1. The van der Waals surface area contributed by atoms with Gasteiger partial charge in [0.2, 0.25) is 5.91 Å². The van der Waals surface area contributed by atoms with Crippen LogP contribution in [0.1, 0.15) is 73.6 Å². The highest BCUT2D eigenvalue weighted by Gasteiger charge is 2.58. The maximum atomic E-state index is 12.6. The van der Waals surface area contributed by atoms with E-state index in [1.165, 1.54) is 0 Å². The Balaban J connectivity index is 1.88. The van der Waals surface area contributed by atoms with E-state index in [-0.39, 0.29) is 16.9 Å². The molecule has 0 aromatic heterocycles. The van der Waals surface area contributed by atoms with Crippen molar-refractivity contribution in [1.82, 2.24) is 15.5 Å². The van der Waals surface area contributed by atoms with Crippen LogP contribution in [0.2, 0.25) is 0 Å². The molecule has 162 valence electrons. The van der Waals surface area contributed by atoms with Gasteiger partial charge >= 0.3 is 0 Å². The van der Waals surface area contributed by atoms with Crippen molar-refractivity contribution in [3.63, 3.8) is 0 Å². The number of rotatable bonds is 7. The average Bonchev–Trinajstić information content (AvgIpc) is 2.68. The summed E-state index contributed by atoms with van der Waals surface area (Å²) in [7, 11) is 1.80. The quantitative estimate of drug-likeness (QED) is 0.514. The van der Waals surface area contributed by atoms with Crippen molar-refractivity contribution in [3.05, 3.63) is 0 Å². The first-order valence-corrected chi connectivity index (χ1v) is 11.1. The minimum absolute atomic E-state index is 0.0447. The van der Waals surface area contributed by atoms with Gasteiger partial charge < -0.3 is 20.3 Å². The van der Waals surface area contributed by atoms with Crippen LogP contribution in [-0.2, 0) is 9.53 Å². The molecule has 1 saturated heterocycles. The fourth-order valence-corrected chi connectivity index (χ4v) is 4.51. The molecule has 0 spiro atoms. The first-order valence-electron chi connectivity index (χ1n) is 11.1. The molecular weight excluding hydrogens is 352 g/mol. The molecule has 1 saturated carbocycles. The van der Waals surface area contributed by atoms with E-state index in [9.17, 15) is 4.79 Å². The maximum absolute atomic E-state index is 12.6. The van der Waals surface area contributed by atoms with Gasteiger partial charge in [0.25, 0.3) is 0 Å². The Morgan fingerprint density at radius 3 is 2.21 bits per heavy atom. The second-order valence-corrected chi connectivity index (χ2v) is 9.14. The summed E-state index contributed by atoms with van der Waals surface area (Å²) in [6.07, 6.45) is 4.79. The standard InChI is InChI=1S/C22H42N4O2/c1-8-16(9-2)19(27)26-13-11-17(12-14-26)24-20(23-10-3)25-18-15-22(6,28-7)21(18,4)5/h16-18H,8-15H2,1-7H3,(H2,23,24,25). The summed E-state index contributed by atoms with van der Waals surface area (Å²) in [5.41, 5.74) is -0.0498. The molecule has 1 heterocycles. The van der Waals surface area contributed by atoms with Gasteiger partial charge in [0, 0.05) is 50.2 Å². The number of amides is 1. The number of likely N-dealkylation sites (tertiary alicyclic amines) is 1. The smallest absolute Gasteiger partial charge is 0.225 e. The van der Waals surface area contributed by atoms with Crippen molar-refractivity contribution in [2.45, 2.75) is 91.3 Å². The number of aliphatic imine (C=N–C) groups is 1. The van der Waals surface area contributed by atoms with E-state index in [4.69, 9.17) is 4.74 Å². The predicted octanol–water partition coefficient (Wildman–Crippen LogP) is 3.17. The minimum atomic E-state index is -0.0945. The third kappa shape index (κ3) is 4.64. The summed E-state index contributed by atoms with van der Waals surface area (Å²) in [4.78, 5) is 19.3. The van der Waals surface area contributed by atoms with Crippen molar-refractivity contribution in [2.75, 3.05) is 26.7 Å². The molecule has 6 heteroatoms. The number of nitrogens with zero attached hydrogens (tertiary/aromatic N) is 2. The van der Waals surface area contributed by atoms with Crippen LogP contribution in [0.5, 0.6) is 0 Å². The molecule has 2 rings (SSSR count). The highest BCUT2D eigenvalue weighted by molar-refractivity contribution is 5.81. The lowest BCUT2D eigenvalue weighted by atomic mass is 9.56. The van der Waals surface area contributed by atoms with Gasteiger partial charge in [-0.3, -0.25) is 9.79 Å². The number of methoxy groups -OCH3 is 1. The van der Waals surface area contributed by atoms with Crippen LogP contribution in [0.3, 0.4) is 0 Å². The number of ether oxygens (including phenoxy) is 1. The predicted molar refractivity (Wildman–Crippen MR) is 116 cm³/mol. The molecule has 2 unspecified atom stereocenters. The van der Waals surface area contributed by atoms with E-state index in [1.807, 2.05) is 0 Å². The summed E-state index contributed by atoms with van der Waals surface area (Å²) >= 11 is 0. The van der Waals surface area contributed by atoms with Gasteiger partial charge in [-0.2, -0.15) is 0 Å². The topological polar surface area (TPSA) is 66.0 Å². The van der Waals surface area contributed by atoms with E-state index in [2.05, 4.69) is 62.1 Å². The number of hydrogen-bond donors (Lipinski definition) is 2. The first-order chi connectivity index (χ1) is 13.2. The summed E-state index contributed by atoms with van der Waals surface area (Å²) in [6.45, 7) is 15.4. The lowest BCUT2D eigenvalue weighted by molar-refractivity contribution is -0.176. The fourth-order valence-electron chi connectivity index (χ4n) is 4.51. The van der Waals surface area contributed by atoms with E-state index in [1.54, 1.807) is 7.11 Å². The third-order valence-corrected chi connectivity index (χ3v) is 7.39. The molecule has 1 aliphatic heterocycles. The Morgan fingerprint density at radius 2 is 1.75 bits per heavy atom. The molecule has 28 heavy (non-hydrogen) atoms. The van der Waals surface area contributed by atoms with Crippen molar-refractivity contribution in [3.8, 4) is 0 Å². The Bertz CT molecular complexity index is 551. The van der Waals surface area contributed by atoms with Crippen LogP contribution >= 0.6 is 0 Å². The largest absolute Gasteiger partial charge is 0.378 e. The monoisotopic (exact) mass is 394 g/mol.